The molecule has 0 heterocycles. The van der Waals surface area contributed by atoms with E-state index in [4.69, 9.17) is 11.6 Å². The second kappa shape index (κ2) is 6.59. The topological polar surface area (TPSA) is 55.2 Å². The Labute approximate surface area is 128 Å². The van der Waals surface area contributed by atoms with Crippen molar-refractivity contribution in [1.82, 2.24) is 0 Å². The maximum atomic E-state index is 10.9. The van der Waals surface area contributed by atoms with Crippen LogP contribution < -0.4 is 5.32 Å². The van der Waals surface area contributed by atoms with Gasteiger partial charge in [-0.1, -0.05) is 36.7 Å². The molecule has 0 aliphatic heterocycles. The number of nitro benzene ring substituents is 1. The summed E-state index contributed by atoms with van der Waals surface area (Å²) in [5, 5.41) is 14.9. The van der Waals surface area contributed by atoms with Crippen molar-refractivity contribution in [2.75, 3.05) is 5.32 Å². The highest BCUT2D eigenvalue weighted by Crippen LogP contribution is 2.27. The molecule has 2 rings (SSSR count). The zero-order valence-electron chi connectivity index (χ0n) is 12.0. The standard InChI is InChI=1S/C16H17ClN2O2/c1-3-16(12-5-4-6-14(9-12)19(20)21)18-13-8-7-11(2)15(17)10-13/h4-10,16,18H,3H2,1-2H3. The number of benzene rings is 2. The minimum Gasteiger partial charge on any atom is -0.378 e. The van der Waals surface area contributed by atoms with Crippen LogP contribution in [0.15, 0.2) is 42.5 Å². The van der Waals surface area contributed by atoms with E-state index in [0.29, 0.717) is 5.02 Å². The van der Waals surface area contributed by atoms with Crippen LogP contribution in [0.5, 0.6) is 0 Å². The molecule has 0 spiro atoms. The largest absolute Gasteiger partial charge is 0.378 e. The van der Waals surface area contributed by atoms with Gasteiger partial charge in [-0.2, -0.15) is 0 Å². The predicted molar refractivity (Wildman–Crippen MR) is 85.9 cm³/mol. The average Bonchev–Trinajstić information content (AvgIpc) is 2.48. The molecule has 0 radical (unpaired) electrons. The molecule has 1 unspecified atom stereocenters. The van der Waals surface area contributed by atoms with Crippen LogP contribution in [0.3, 0.4) is 0 Å². The van der Waals surface area contributed by atoms with Crippen molar-refractivity contribution in [2.24, 2.45) is 0 Å². The van der Waals surface area contributed by atoms with Gasteiger partial charge in [-0.25, -0.2) is 0 Å². The summed E-state index contributed by atoms with van der Waals surface area (Å²) in [5.41, 5.74) is 2.92. The van der Waals surface area contributed by atoms with Gasteiger partial charge in [-0.05, 0) is 36.6 Å². The summed E-state index contributed by atoms with van der Waals surface area (Å²) in [4.78, 5) is 10.5. The number of anilines is 1. The summed E-state index contributed by atoms with van der Waals surface area (Å²) >= 11 is 6.12. The Kier molecular flexibility index (Phi) is 4.81. The molecule has 1 atom stereocenters. The van der Waals surface area contributed by atoms with E-state index in [2.05, 4.69) is 5.32 Å². The van der Waals surface area contributed by atoms with E-state index < -0.39 is 0 Å². The lowest BCUT2D eigenvalue weighted by Gasteiger charge is -2.19. The van der Waals surface area contributed by atoms with E-state index in [1.54, 1.807) is 12.1 Å². The van der Waals surface area contributed by atoms with E-state index >= 15 is 0 Å². The first-order valence-electron chi connectivity index (χ1n) is 6.78. The Bertz CT molecular complexity index is 658. The lowest BCUT2D eigenvalue weighted by Crippen LogP contribution is -2.10. The highest BCUT2D eigenvalue weighted by Gasteiger charge is 2.13. The molecule has 0 bridgehead atoms. The number of nitro groups is 1. The van der Waals surface area contributed by atoms with Crippen LogP contribution in [0.1, 0.15) is 30.5 Å². The smallest absolute Gasteiger partial charge is 0.269 e. The molecule has 0 aromatic heterocycles. The van der Waals surface area contributed by atoms with Crippen molar-refractivity contribution in [1.29, 1.82) is 0 Å². The highest BCUT2D eigenvalue weighted by atomic mass is 35.5. The van der Waals surface area contributed by atoms with Crippen LogP contribution in [-0.4, -0.2) is 4.92 Å². The van der Waals surface area contributed by atoms with Crippen molar-refractivity contribution >= 4 is 23.0 Å². The third-order valence-corrected chi connectivity index (χ3v) is 3.81. The molecule has 4 nitrogen and oxygen atoms in total. The fourth-order valence-corrected chi connectivity index (χ4v) is 2.34. The summed E-state index contributed by atoms with van der Waals surface area (Å²) in [7, 11) is 0. The number of nitrogens with one attached hydrogen (secondary N) is 1. The first-order valence-corrected chi connectivity index (χ1v) is 7.16. The Morgan fingerprint density at radius 3 is 2.67 bits per heavy atom. The summed E-state index contributed by atoms with van der Waals surface area (Å²) in [6.07, 6.45) is 0.812. The zero-order chi connectivity index (χ0) is 15.4. The van der Waals surface area contributed by atoms with E-state index in [1.165, 1.54) is 6.07 Å². The molecule has 0 saturated carbocycles. The van der Waals surface area contributed by atoms with Crippen molar-refractivity contribution in [2.45, 2.75) is 26.3 Å². The first-order chi connectivity index (χ1) is 10.0. The summed E-state index contributed by atoms with van der Waals surface area (Å²) < 4.78 is 0. The summed E-state index contributed by atoms with van der Waals surface area (Å²) in [6, 6.07) is 12.5. The highest BCUT2D eigenvalue weighted by molar-refractivity contribution is 6.31. The van der Waals surface area contributed by atoms with E-state index in [1.807, 2.05) is 38.1 Å². The molecule has 0 aliphatic rings. The lowest BCUT2D eigenvalue weighted by atomic mass is 10.0. The molecule has 110 valence electrons. The number of halogens is 1. The number of hydrogen-bond acceptors (Lipinski definition) is 3. The maximum Gasteiger partial charge on any atom is 0.269 e. The third-order valence-electron chi connectivity index (χ3n) is 3.40. The van der Waals surface area contributed by atoms with Crippen molar-refractivity contribution < 1.29 is 4.92 Å². The molecule has 21 heavy (non-hydrogen) atoms. The van der Waals surface area contributed by atoms with Gasteiger partial charge < -0.3 is 5.32 Å². The molecular weight excluding hydrogens is 288 g/mol. The Morgan fingerprint density at radius 1 is 1.29 bits per heavy atom. The predicted octanol–water partition coefficient (Wildman–Crippen LogP) is 5.12. The monoisotopic (exact) mass is 304 g/mol. The van der Waals surface area contributed by atoms with Crippen LogP contribution in [0.4, 0.5) is 11.4 Å². The van der Waals surface area contributed by atoms with E-state index in [9.17, 15) is 10.1 Å². The zero-order valence-corrected chi connectivity index (χ0v) is 12.7. The molecule has 0 saturated heterocycles. The van der Waals surface area contributed by atoms with Gasteiger partial charge in [-0.3, -0.25) is 10.1 Å². The van der Waals surface area contributed by atoms with Crippen molar-refractivity contribution in [3.8, 4) is 0 Å². The van der Waals surface area contributed by atoms with E-state index in [0.717, 1.165) is 23.2 Å². The lowest BCUT2D eigenvalue weighted by molar-refractivity contribution is -0.384. The number of nitrogens with zero attached hydrogens (tertiary/aromatic N) is 1. The van der Waals surface area contributed by atoms with Gasteiger partial charge in [-0.15, -0.1) is 0 Å². The Balaban J connectivity index is 2.25. The summed E-state index contributed by atoms with van der Waals surface area (Å²) in [5.74, 6) is 0. The Morgan fingerprint density at radius 2 is 2.05 bits per heavy atom. The minimum atomic E-state index is -0.376. The normalized spacial score (nSPS) is 12.0. The van der Waals surface area contributed by atoms with Crippen LogP contribution in [0.2, 0.25) is 5.02 Å². The second-order valence-electron chi connectivity index (χ2n) is 4.92. The fraction of sp³-hybridized carbons (Fsp3) is 0.250. The van der Waals surface area contributed by atoms with Crippen molar-refractivity contribution in [3.05, 3.63) is 68.7 Å². The van der Waals surface area contributed by atoms with Crippen LogP contribution in [0, 0.1) is 17.0 Å². The van der Waals surface area contributed by atoms with Gasteiger partial charge >= 0.3 is 0 Å². The molecule has 5 heteroatoms. The minimum absolute atomic E-state index is 0.00340. The molecule has 0 aliphatic carbocycles. The molecule has 0 fully saturated rings. The summed E-state index contributed by atoms with van der Waals surface area (Å²) in [6.45, 7) is 3.98. The molecule has 0 amide bonds. The molecule has 2 aromatic rings. The van der Waals surface area contributed by atoms with Gasteiger partial charge in [0.2, 0.25) is 0 Å². The quantitative estimate of drug-likeness (QED) is 0.616. The first kappa shape index (κ1) is 15.3. The molecule has 2 aromatic carbocycles. The SMILES string of the molecule is CCC(Nc1ccc(C)c(Cl)c1)c1cccc([N+](=O)[O-])c1. The van der Waals surface area contributed by atoms with Crippen LogP contribution >= 0.6 is 11.6 Å². The van der Waals surface area contributed by atoms with E-state index in [-0.39, 0.29) is 16.7 Å². The van der Waals surface area contributed by atoms with Gasteiger partial charge in [0.05, 0.1) is 11.0 Å². The number of rotatable bonds is 5. The number of non-ortho nitro benzene ring substituents is 1. The average molecular weight is 305 g/mol. The van der Waals surface area contributed by atoms with Crippen LogP contribution in [-0.2, 0) is 0 Å². The molecule has 1 N–H and O–H groups in total. The van der Waals surface area contributed by atoms with Crippen molar-refractivity contribution in [3.63, 3.8) is 0 Å². The van der Waals surface area contributed by atoms with Gasteiger partial charge in [0.25, 0.3) is 5.69 Å². The fourth-order valence-electron chi connectivity index (χ4n) is 2.16. The van der Waals surface area contributed by atoms with Crippen LogP contribution in [0.25, 0.3) is 0 Å². The Hall–Kier alpha value is -2.07. The molecular formula is C16H17ClN2O2. The number of aryl methyl sites for hydroxylation is 1. The maximum absolute atomic E-state index is 10.9. The number of hydrogen-bond donors (Lipinski definition) is 1. The van der Waals surface area contributed by atoms with Gasteiger partial charge in [0.15, 0.2) is 0 Å². The second-order valence-corrected chi connectivity index (χ2v) is 5.33. The van der Waals surface area contributed by atoms with Gasteiger partial charge in [0.1, 0.15) is 0 Å². The van der Waals surface area contributed by atoms with Gasteiger partial charge in [0, 0.05) is 22.8 Å². The third kappa shape index (κ3) is 3.73.